The van der Waals surface area contributed by atoms with Crippen molar-refractivity contribution < 1.29 is 9.53 Å². The molecule has 1 amide bonds. The number of carbonyl (C=O) groups is 1. The van der Waals surface area contributed by atoms with Gasteiger partial charge in [0.2, 0.25) is 0 Å². The van der Waals surface area contributed by atoms with E-state index < -0.39 is 4.75 Å². The molecule has 2 aliphatic heterocycles. The van der Waals surface area contributed by atoms with Gasteiger partial charge >= 0.3 is 0 Å². The fourth-order valence-corrected chi connectivity index (χ4v) is 4.74. The normalized spacial score (nSPS) is 35.4. The highest BCUT2D eigenvalue weighted by Gasteiger charge is 2.49. The first-order chi connectivity index (χ1) is 9.61. The van der Waals surface area contributed by atoms with Gasteiger partial charge in [-0.2, -0.15) is 4.99 Å². The van der Waals surface area contributed by atoms with Gasteiger partial charge in [-0.1, -0.05) is 31.0 Å². The number of hydrogen-bond acceptors (Lipinski definition) is 4. The van der Waals surface area contributed by atoms with Crippen molar-refractivity contribution >= 4 is 22.8 Å². The minimum Gasteiger partial charge on any atom is -0.381 e. The van der Waals surface area contributed by atoms with Crippen LogP contribution in [0.2, 0.25) is 0 Å². The Morgan fingerprint density at radius 2 is 2.05 bits per heavy atom. The maximum Gasteiger partial charge on any atom is 0.264 e. The summed E-state index contributed by atoms with van der Waals surface area (Å²) in [6.07, 6.45) is 7.38. The molecule has 112 valence electrons. The zero-order valence-corrected chi connectivity index (χ0v) is 13.2. The Labute approximate surface area is 125 Å². The highest BCUT2D eigenvalue weighted by molar-refractivity contribution is 8.16. The van der Waals surface area contributed by atoms with Crippen LogP contribution in [0, 0.1) is 5.92 Å². The van der Waals surface area contributed by atoms with Crippen molar-refractivity contribution in [3.05, 3.63) is 0 Å². The SMILES string of the molecule is CN(C1=NC(=O)C(C)([C@H]2CCOC2)S1)C1CCCCC1. The van der Waals surface area contributed by atoms with Gasteiger partial charge in [0, 0.05) is 25.6 Å². The third-order valence-electron chi connectivity index (χ3n) is 5.06. The van der Waals surface area contributed by atoms with Gasteiger partial charge in [0.25, 0.3) is 5.91 Å². The summed E-state index contributed by atoms with van der Waals surface area (Å²) in [5.74, 6) is 0.344. The van der Waals surface area contributed by atoms with E-state index in [1.807, 2.05) is 6.92 Å². The zero-order valence-electron chi connectivity index (χ0n) is 12.4. The van der Waals surface area contributed by atoms with Gasteiger partial charge in [0.1, 0.15) is 4.75 Å². The molecule has 2 fully saturated rings. The summed E-state index contributed by atoms with van der Waals surface area (Å²) in [6.45, 7) is 3.53. The van der Waals surface area contributed by atoms with Gasteiger partial charge in [-0.05, 0) is 26.2 Å². The van der Waals surface area contributed by atoms with Crippen LogP contribution in [0.25, 0.3) is 0 Å². The summed E-state index contributed by atoms with van der Waals surface area (Å²) in [6, 6.07) is 0.560. The van der Waals surface area contributed by atoms with E-state index in [4.69, 9.17) is 4.74 Å². The van der Waals surface area contributed by atoms with Crippen LogP contribution >= 0.6 is 11.8 Å². The van der Waals surface area contributed by atoms with Crippen LogP contribution in [0.3, 0.4) is 0 Å². The summed E-state index contributed by atoms with van der Waals surface area (Å²) in [7, 11) is 2.10. The minimum absolute atomic E-state index is 0.0376. The van der Waals surface area contributed by atoms with Crippen molar-refractivity contribution in [2.75, 3.05) is 20.3 Å². The number of ether oxygens (including phenoxy) is 1. The lowest BCUT2D eigenvalue weighted by atomic mass is 9.92. The minimum atomic E-state index is -0.408. The Morgan fingerprint density at radius 1 is 1.30 bits per heavy atom. The van der Waals surface area contributed by atoms with Crippen LogP contribution in [0.15, 0.2) is 4.99 Å². The number of rotatable bonds is 2. The molecule has 3 rings (SSSR count). The van der Waals surface area contributed by atoms with Crippen molar-refractivity contribution in [1.29, 1.82) is 0 Å². The molecule has 1 saturated heterocycles. The Balaban J connectivity index is 1.69. The maximum atomic E-state index is 12.4. The van der Waals surface area contributed by atoms with E-state index in [1.54, 1.807) is 11.8 Å². The van der Waals surface area contributed by atoms with E-state index >= 15 is 0 Å². The summed E-state index contributed by atoms with van der Waals surface area (Å²) < 4.78 is 5.06. The summed E-state index contributed by atoms with van der Waals surface area (Å²) in [4.78, 5) is 19.0. The molecule has 1 unspecified atom stereocenters. The number of amidine groups is 1. The van der Waals surface area contributed by atoms with Crippen LogP contribution < -0.4 is 0 Å². The van der Waals surface area contributed by atoms with Crippen molar-refractivity contribution in [3.8, 4) is 0 Å². The first-order valence-corrected chi connectivity index (χ1v) is 8.55. The molecule has 0 aromatic carbocycles. The standard InChI is InChI=1S/C15H24N2O2S/c1-15(11-8-9-19-10-11)13(18)16-14(20-15)17(2)12-6-4-3-5-7-12/h11-12H,3-10H2,1-2H3/t11-,15?/m0/s1. The maximum absolute atomic E-state index is 12.4. The molecule has 1 aliphatic carbocycles. The molecular formula is C15H24N2O2S. The van der Waals surface area contributed by atoms with E-state index in [1.165, 1.54) is 32.1 Å². The molecule has 0 radical (unpaired) electrons. The molecule has 5 heteroatoms. The summed E-state index contributed by atoms with van der Waals surface area (Å²) in [5.41, 5.74) is 0. The average molecular weight is 296 g/mol. The molecule has 2 atom stereocenters. The van der Waals surface area contributed by atoms with Gasteiger partial charge in [-0.15, -0.1) is 0 Å². The van der Waals surface area contributed by atoms with Gasteiger partial charge in [-0.25, -0.2) is 0 Å². The van der Waals surface area contributed by atoms with Crippen molar-refractivity contribution in [2.45, 2.75) is 56.2 Å². The molecule has 0 aromatic heterocycles. The molecule has 2 heterocycles. The second kappa shape index (κ2) is 5.68. The molecule has 0 spiro atoms. The Bertz CT molecular complexity index is 414. The molecule has 0 N–H and O–H groups in total. The van der Waals surface area contributed by atoms with E-state index in [0.29, 0.717) is 18.6 Å². The highest BCUT2D eigenvalue weighted by atomic mass is 32.2. The highest BCUT2D eigenvalue weighted by Crippen LogP contribution is 2.44. The first kappa shape index (κ1) is 14.4. The summed E-state index contributed by atoms with van der Waals surface area (Å²) in [5, 5.41) is 0.927. The monoisotopic (exact) mass is 296 g/mol. The zero-order chi connectivity index (χ0) is 14.2. The van der Waals surface area contributed by atoms with Crippen LogP contribution in [0.1, 0.15) is 45.4 Å². The predicted octanol–water partition coefficient (Wildman–Crippen LogP) is 2.68. The Kier molecular flexibility index (Phi) is 4.09. The van der Waals surface area contributed by atoms with E-state index in [0.717, 1.165) is 18.2 Å². The average Bonchev–Trinajstić information content (AvgIpc) is 3.09. The molecule has 4 nitrogen and oxygen atoms in total. The second-order valence-electron chi connectivity index (χ2n) is 6.37. The second-order valence-corrected chi connectivity index (χ2v) is 7.79. The first-order valence-electron chi connectivity index (χ1n) is 7.74. The number of aliphatic imine (C=N–C) groups is 1. The van der Waals surface area contributed by atoms with Crippen molar-refractivity contribution in [1.82, 2.24) is 4.90 Å². The fraction of sp³-hybridized carbons (Fsp3) is 0.867. The third kappa shape index (κ3) is 2.50. The number of amides is 1. The van der Waals surface area contributed by atoms with Crippen LogP contribution in [-0.2, 0) is 9.53 Å². The van der Waals surface area contributed by atoms with Crippen LogP contribution in [-0.4, -0.2) is 47.0 Å². The number of hydrogen-bond donors (Lipinski definition) is 0. The topological polar surface area (TPSA) is 41.9 Å². The quantitative estimate of drug-likeness (QED) is 0.785. The number of thioether (sulfide) groups is 1. The van der Waals surface area contributed by atoms with Gasteiger partial charge < -0.3 is 9.64 Å². The lowest BCUT2D eigenvalue weighted by Gasteiger charge is -2.33. The van der Waals surface area contributed by atoms with Crippen LogP contribution in [0.4, 0.5) is 0 Å². The third-order valence-corrected chi connectivity index (χ3v) is 6.55. The lowest BCUT2D eigenvalue weighted by molar-refractivity contribution is -0.120. The van der Waals surface area contributed by atoms with Gasteiger partial charge in [0.05, 0.1) is 6.61 Å². The molecule has 0 bridgehead atoms. The number of nitrogens with zero attached hydrogens (tertiary/aromatic N) is 2. The largest absolute Gasteiger partial charge is 0.381 e. The van der Waals surface area contributed by atoms with Gasteiger partial charge in [0.15, 0.2) is 5.17 Å². The van der Waals surface area contributed by atoms with Gasteiger partial charge in [-0.3, -0.25) is 4.79 Å². The van der Waals surface area contributed by atoms with Crippen LogP contribution in [0.5, 0.6) is 0 Å². The number of carbonyl (C=O) groups excluding carboxylic acids is 1. The van der Waals surface area contributed by atoms with E-state index in [2.05, 4.69) is 16.9 Å². The lowest BCUT2D eigenvalue weighted by Crippen LogP contribution is -2.39. The van der Waals surface area contributed by atoms with Crippen molar-refractivity contribution in [3.63, 3.8) is 0 Å². The molecule has 20 heavy (non-hydrogen) atoms. The predicted molar refractivity (Wildman–Crippen MR) is 82.0 cm³/mol. The van der Waals surface area contributed by atoms with E-state index in [9.17, 15) is 4.79 Å². The molecule has 1 saturated carbocycles. The molecular weight excluding hydrogens is 272 g/mol. The van der Waals surface area contributed by atoms with E-state index in [-0.39, 0.29) is 5.91 Å². The molecule has 3 aliphatic rings. The van der Waals surface area contributed by atoms with Crippen molar-refractivity contribution in [2.24, 2.45) is 10.9 Å². The molecule has 0 aromatic rings. The Morgan fingerprint density at radius 3 is 2.70 bits per heavy atom. The Hall–Kier alpha value is -0.550. The fourth-order valence-electron chi connectivity index (χ4n) is 3.46. The smallest absolute Gasteiger partial charge is 0.264 e. The summed E-state index contributed by atoms with van der Waals surface area (Å²) >= 11 is 1.67.